The quantitative estimate of drug-likeness (QED) is 0.0158. The van der Waals surface area contributed by atoms with E-state index in [1.54, 1.807) is 13.8 Å². The summed E-state index contributed by atoms with van der Waals surface area (Å²) in [6.45, 7) is 12.4. The lowest BCUT2D eigenvalue weighted by Gasteiger charge is -2.12. The maximum absolute atomic E-state index is 11.3. The highest BCUT2D eigenvalue weighted by molar-refractivity contribution is 7.82. The van der Waals surface area contributed by atoms with Crippen LogP contribution in [0, 0.1) is 0 Å². The van der Waals surface area contributed by atoms with E-state index in [9.17, 15) is 14.5 Å². The minimum absolute atomic E-state index is 0.277. The SMILES string of the molecule is C=C(C)C(=O)OCCCCCCCCCCCCCCCCCO[P+](O)(OS)OCCCCCCCCCCCCCCCCCOC(=O)C(=C)C. The molecule has 0 radical (unpaired) electrons. The molecule has 0 spiro atoms. The normalized spacial score (nSPS) is 11.5. The third-order valence-corrected chi connectivity index (χ3v) is 11.2. The molecule has 0 unspecified atom stereocenters. The van der Waals surface area contributed by atoms with Crippen LogP contribution in [0.3, 0.4) is 0 Å². The smallest absolute Gasteiger partial charge is 0.462 e. The number of hydrogen-bond acceptors (Lipinski definition) is 9. The first kappa shape index (κ1) is 51.0. The van der Waals surface area contributed by atoms with Crippen molar-refractivity contribution in [3.63, 3.8) is 0 Å². The van der Waals surface area contributed by atoms with E-state index in [4.69, 9.17) is 22.5 Å². The molecule has 306 valence electrons. The molecule has 0 atom stereocenters. The molecular formula is C42H80O8PS+. The number of carbonyl (C=O) groups is 2. The predicted octanol–water partition coefficient (Wildman–Crippen LogP) is 13.5. The van der Waals surface area contributed by atoms with E-state index < -0.39 is 8.17 Å². The van der Waals surface area contributed by atoms with Crippen molar-refractivity contribution in [1.29, 1.82) is 0 Å². The number of carbonyl (C=O) groups excluding carboxylic acids is 2. The predicted molar refractivity (Wildman–Crippen MR) is 221 cm³/mol. The lowest BCUT2D eigenvalue weighted by Crippen LogP contribution is -2.05. The molecule has 0 rings (SSSR count). The average molecular weight is 776 g/mol. The molecule has 0 aromatic heterocycles. The molecule has 0 aromatic carbocycles. The Labute approximate surface area is 326 Å². The second-order valence-electron chi connectivity index (χ2n) is 14.7. The molecule has 0 aliphatic rings. The van der Waals surface area contributed by atoms with Crippen molar-refractivity contribution in [2.45, 2.75) is 206 Å². The first-order valence-electron chi connectivity index (χ1n) is 21.1. The van der Waals surface area contributed by atoms with Crippen molar-refractivity contribution in [3.05, 3.63) is 24.3 Å². The van der Waals surface area contributed by atoms with Gasteiger partial charge in [-0.05, 0) is 39.5 Å². The number of ether oxygens (including phenoxy) is 2. The third kappa shape index (κ3) is 36.0. The summed E-state index contributed by atoms with van der Waals surface area (Å²) in [5.74, 6) is -0.554. The molecule has 0 aromatic rings. The number of thiol groups is 1. The van der Waals surface area contributed by atoms with Crippen molar-refractivity contribution < 1.29 is 37.0 Å². The van der Waals surface area contributed by atoms with E-state index in [2.05, 4.69) is 26.1 Å². The average Bonchev–Trinajstić information content (AvgIpc) is 3.13. The van der Waals surface area contributed by atoms with Crippen LogP contribution >= 0.6 is 21.1 Å². The summed E-state index contributed by atoms with van der Waals surface area (Å²) in [6, 6.07) is 0. The van der Waals surface area contributed by atoms with Crippen molar-refractivity contribution in [2.75, 3.05) is 26.4 Å². The van der Waals surface area contributed by atoms with Gasteiger partial charge >= 0.3 is 20.1 Å². The van der Waals surface area contributed by atoms with Gasteiger partial charge in [0.05, 0.1) is 13.2 Å². The first-order chi connectivity index (χ1) is 25.2. The van der Waals surface area contributed by atoms with Crippen LogP contribution in [0.4, 0.5) is 0 Å². The highest BCUT2D eigenvalue weighted by Crippen LogP contribution is 2.59. The molecule has 10 heteroatoms. The fourth-order valence-corrected chi connectivity index (χ4v) is 7.20. The molecule has 0 amide bonds. The lowest BCUT2D eigenvalue weighted by molar-refractivity contribution is -0.139. The van der Waals surface area contributed by atoms with Crippen LogP contribution < -0.4 is 0 Å². The van der Waals surface area contributed by atoms with Crippen LogP contribution in [0.25, 0.3) is 0 Å². The van der Waals surface area contributed by atoms with Gasteiger partial charge in [-0.3, -0.25) is 0 Å². The third-order valence-electron chi connectivity index (χ3n) is 9.35. The van der Waals surface area contributed by atoms with E-state index in [1.807, 2.05) is 0 Å². The Hall–Kier alpha value is -0.960. The van der Waals surface area contributed by atoms with Gasteiger partial charge in [0.15, 0.2) is 0 Å². The monoisotopic (exact) mass is 776 g/mol. The van der Waals surface area contributed by atoms with Gasteiger partial charge in [-0.15, -0.1) is 0 Å². The molecule has 1 N–H and O–H groups in total. The first-order valence-corrected chi connectivity index (χ1v) is 23.0. The fourth-order valence-electron chi connectivity index (χ4n) is 6.02. The highest BCUT2D eigenvalue weighted by Gasteiger charge is 2.44. The van der Waals surface area contributed by atoms with Crippen LogP contribution in [0.2, 0.25) is 0 Å². The fraction of sp³-hybridized carbons (Fsp3) is 0.857. The van der Waals surface area contributed by atoms with E-state index in [-0.39, 0.29) is 11.9 Å². The standard InChI is InChI=1S/C42H79O8PS/c1-39(2)41(43)46-35-31-27-23-19-15-11-7-5-9-13-17-21-25-29-33-37-48-51(45,50-52)49-38-34-30-26-22-18-14-10-6-8-12-16-20-24-28-32-36-47-42(44)40(3)4/h45H,1,3,5-38H2,2,4H3/p+1. The Bertz CT molecular complexity index is 807. The molecule has 0 saturated carbocycles. The summed E-state index contributed by atoms with van der Waals surface area (Å²) in [5, 5.41) is 0. The van der Waals surface area contributed by atoms with E-state index in [0.717, 1.165) is 51.4 Å². The molecule has 52 heavy (non-hydrogen) atoms. The molecule has 0 bridgehead atoms. The summed E-state index contributed by atoms with van der Waals surface area (Å²) in [5.41, 5.74) is 0.942. The molecule has 0 fully saturated rings. The molecule has 8 nitrogen and oxygen atoms in total. The van der Waals surface area contributed by atoms with Crippen LogP contribution in [0.15, 0.2) is 24.3 Å². The van der Waals surface area contributed by atoms with Gasteiger partial charge in [-0.25, -0.2) is 9.59 Å². The number of rotatable bonds is 41. The van der Waals surface area contributed by atoms with Gasteiger partial charge in [0.25, 0.3) is 0 Å². The van der Waals surface area contributed by atoms with Crippen molar-refractivity contribution in [3.8, 4) is 0 Å². The van der Waals surface area contributed by atoms with Crippen LogP contribution in [-0.4, -0.2) is 43.3 Å². The van der Waals surface area contributed by atoms with Crippen molar-refractivity contribution in [2.24, 2.45) is 0 Å². The minimum atomic E-state index is -3.32. The van der Waals surface area contributed by atoms with Crippen molar-refractivity contribution in [1.82, 2.24) is 0 Å². The molecule has 0 aliphatic heterocycles. The lowest BCUT2D eigenvalue weighted by atomic mass is 10.0. The van der Waals surface area contributed by atoms with Crippen LogP contribution in [-0.2, 0) is 32.1 Å². The largest absolute Gasteiger partial charge is 0.584 e. The second kappa shape index (κ2) is 38.3. The Kier molecular flexibility index (Phi) is 37.6. The van der Waals surface area contributed by atoms with Gasteiger partial charge in [0, 0.05) is 24.1 Å². The summed E-state index contributed by atoms with van der Waals surface area (Å²) in [6.07, 6.45) is 36.4. The second-order valence-corrected chi connectivity index (χ2v) is 16.8. The van der Waals surface area contributed by atoms with E-state index in [1.165, 1.54) is 141 Å². The Balaban J connectivity index is 3.39. The van der Waals surface area contributed by atoms with Gasteiger partial charge in [-0.2, -0.15) is 13.9 Å². The summed E-state index contributed by atoms with van der Waals surface area (Å²) >= 11 is 3.82. The maximum atomic E-state index is 11.3. The zero-order valence-electron chi connectivity index (χ0n) is 33.7. The van der Waals surface area contributed by atoms with Crippen LogP contribution in [0.5, 0.6) is 0 Å². The molecule has 0 aliphatic carbocycles. The summed E-state index contributed by atoms with van der Waals surface area (Å²) in [4.78, 5) is 33.1. The van der Waals surface area contributed by atoms with Crippen molar-refractivity contribution >= 4 is 33.0 Å². The molecular weight excluding hydrogens is 695 g/mol. The molecule has 0 heterocycles. The Morgan fingerprint density at radius 2 is 0.615 bits per heavy atom. The number of esters is 2. The van der Waals surface area contributed by atoms with E-state index in [0.29, 0.717) is 37.6 Å². The number of unbranched alkanes of at least 4 members (excludes halogenated alkanes) is 28. The van der Waals surface area contributed by atoms with Gasteiger partial charge in [0.2, 0.25) is 0 Å². The minimum Gasteiger partial charge on any atom is -0.462 e. The Morgan fingerprint density at radius 3 is 0.808 bits per heavy atom. The summed E-state index contributed by atoms with van der Waals surface area (Å²) < 4.78 is 26.3. The molecule has 0 saturated heterocycles. The van der Waals surface area contributed by atoms with Gasteiger partial charge in [0.1, 0.15) is 13.2 Å². The maximum Gasteiger partial charge on any atom is 0.584 e. The summed E-state index contributed by atoms with van der Waals surface area (Å²) in [7, 11) is -3.32. The van der Waals surface area contributed by atoms with Gasteiger partial charge in [-0.1, -0.05) is 184 Å². The Morgan fingerprint density at radius 1 is 0.423 bits per heavy atom. The zero-order chi connectivity index (χ0) is 38.4. The zero-order valence-corrected chi connectivity index (χ0v) is 35.4. The van der Waals surface area contributed by atoms with Gasteiger partial charge < -0.3 is 9.47 Å². The highest BCUT2D eigenvalue weighted by atomic mass is 32.1. The van der Waals surface area contributed by atoms with E-state index >= 15 is 0 Å². The number of hydrogen-bond donors (Lipinski definition) is 2. The van der Waals surface area contributed by atoms with Crippen LogP contribution in [0.1, 0.15) is 206 Å². The topological polar surface area (TPSA) is 101 Å².